The molecule has 0 saturated carbocycles. The van der Waals surface area contributed by atoms with Crippen LogP contribution in [0.3, 0.4) is 0 Å². The monoisotopic (exact) mass is 745 g/mol. The molecule has 5 atom stereocenters. The van der Waals surface area contributed by atoms with Crippen molar-refractivity contribution in [2.24, 2.45) is 5.92 Å². The Morgan fingerprint density at radius 2 is 1.84 bits per heavy atom. The molecule has 3 aromatic carbocycles. The average molecular weight is 747 g/mol. The number of anilines is 2. The van der Waals surface area contributed by atoms with Crippen LogP contribution in [-0.2, 0) is 33.0 Å². The maximum absolute atomic E-state index is 14.8. The number of hydrogen-bond donors (Lipinski definition) is 2. The molecule has 49 heavy (non-hydrogen) atoms. The minimum Gasteiger partial charge on any atom is -0.447 e. The van der Waals surface area contributed by atoms with Gasteiger partial charge in [-0.1, -0.05) is 70.5 Å². The first-order valence-electron chi connectivity index (χ1n) is 16.6. The average Bonchev–Trinajstić information content (AvgIpc) is 3.84. The van der Waals surface area contributed by atoms with Gasteiger partial charge in [-0.25, -0.2) is 4.79 Å². The van der Waals surface area contributed by atoms with Gasteiger partial charge in [0.2, 0.25) is 0 Å². The zero-order valence-electron chi connectivity index (χ0n) is 27.7. The second-order valence-corrected chi connectivity index (χ2v) is 18.6. The maximum atomic E-state index is 14.8. The predicted molar refractivity (Wildman–Crippen MR) is 190 cm³/mol. The van der Waals surface area contributed by atoms with Crippen molar-refractivity contribution in [2.45, 2.75) is 62.7 Å². The second kappa shape index (κ2) is 13.1. The summed E-state index contributed by atoms with van der Waals surface area (Å²) in [7, 11) is -2.86. The molecule has 2 saturated heterocycles. The van der Waals surface area contributed by atoms with Gasteiger partial charge in [-0.05, 0) is 61.0 Å². The highest BCUT2D eigenvalue weighted by Gasteiger charge is 2.66. The predicted octanol–water partition coefficient (Wildman–Crippen LogP) is 5.56. The highest BCUT2D eigenvalue weighted by atomic mass is 79.9. The molecule has 2 amide bonds. The Morgan fingerprint density at radius 1 is 1.08 bits per heavy atom. The van der Waals surface area contributed by atoms with Gasteiger partial charge >= 0.3 is 6.09 Å². The minimum absolute atomic E-state index is 0.0916. The van der Waals surface area contributed by atoms with Crippen molar-refractivity contribution in [3.63, 3.8) is 0 Å². The molecule has 4 heterocycles. The topological polar surface area (TPSA) is 130 Å². The lowest BCUT2D eigenvalue weighted by Crippen LogP contribution is -2.46. The van der Waals surface area contributed by atoms with Gasteiger partial charge in [0.25, 0.3) is 5.91 Å². The van der Waals surface area contributed by atoms with Gasteiger partial charge in [0.1, 0.15) is 6.61 Å². The van der Waals surface area contributed by atoms with Gasteiger partial charge in [-0.3, -0.25) is 14.4 Å². The van der Waals surface area contributed by atoms with Gasteiger partial charge in [0.15, 0.2) is 13.9 Å². The van der Waals surface area contributed by atoms with E-state index in [2.05, 4.69) is 26.2 Å². The number of carbonyl (C=O) groups is 2. The van der Waals surface area contributed by atoms with E-state index in [4.69, 9.17) is 9.47 Å². The number of aryl methyl sites for hydroxylation is 1. The Hall–Kier alpha value is -3.88. The molecule has 256 valence electrons. The first-order chi connectivity index (χ1) is 23.5. The summed E-state index contributed by atoms with van der Waals surface area (Å²) in [6, 6.07) is 23.2. The fraction of sp³-hybridized carbons (Fsp3) is 0.389. The van der Waals surface area contributed by atoms with Gasteiger partial charge in [-0.15, -0.1) is 5.10 Å². The van der Waals surface area contributed by atoms with E-state index in [1.54, 1.807) is 14.5 Å². The van der Waals surface area contributed by atoms with E-state index in [1.165, 1.54) is 0 Å². The third-order valence-electron chi connectivity index (χ3n) is 10.2. The van der Waals surface area contributed by atoms with Crippen molar-refractivity contribution in [3.8, 4) is 0 Å². The van der Waals surface area contributed by atoms with Crippen LogP contribution in [0, 0.1) is 5.92 Å². The Morgan fingerprint density at radius 3 is 2.51 bits per heavy atom. The zero-order valence-corrected chi connectivity index (χ0v) is 30.3. The Kier molecular flexibility index (Phi) is 8.99. The summed E-state index contributed by atoms with van der Waals surface area (Å²) >= 11 is 3.63. The van der Waals surface area contributed by atoms with Gasteiger partial charge < -0.3 is 24.3 Å². The summed E-state index contributed by atoms with van der Waals surface area (Å²) in [4.78, 5) is 41.9. The summed E-state index contributed by atoms with van der Waals surface area (Å²) in [6.45, 7) is 7.43. The first-order valence-corrected chi connectivity index (χ1v) is 20.4. The molecule has 0 aliphatic carbocycles. The zero-order chi connectivity index (χ0) is 34.5. The van der Waals surface area contributed by atoms with Crippen LogP contribution in [0.1, 0.15) is 41.6 Å². The lowest BCUT2D eigenvalue weighted by Gasteiger charge is -2.32. The minimum atomic E-state index is -2.86. The van der Waals surface area contributed by atoms with E-state index in [0.717, 1.165) is 32.5 Å². The Bertz CT molecular complexity index is 1850. The van der Waals surface area contributed by atoms with E-state index in [0.29, 0.717) is 38.4 Å². The normalized spacial score (nSPS) is 24.2. The molecule has 4 aromatic rings. The van der Waals surface area contributed by atoms with Crippen LogP contribution in [0.4, 0.5) is 16.2 Å². The van der Waals surface area contributed by atoms with Crippen LogP contribution in [0.15, 0.2) is 83.5 Å². The molecule has 7 rings (SSSR count). The van der Waals surface area contributed by atoms with Crippen LogP contribution in [0.5, 0.6) is 0 Å². The summed E-state index contributed by atoms with van der Waals surface area (Å²) < 4.78 is 14.7. The molecule has 11 nitrogen and oxygen atoms in total. The number of rotatable bonds is 10. The summed E-state index contributed by atoms with van der Waals surface area (Å²) in [6.07, 6.45) is 1.60. The van der Waals surface area contributed by atoms with Crippen LogP contribution in [-0.4, -0.2) is 71.1 Å². The Balaban J connectivity index is 1.15. The fourth-order valence-corrected chi connectivity index (χ4v) is 10.9. The first kappa shape index (κ1) is 33.6. The molecule has 3 aliphatic rings. The van der Waals surface area contributed by atoms with Crippen molar-refractivity contribution in [2.75, 3.05) is 29.6 Å². The van der Waals surface area contributed by atoms with Crippen LogP contribution in [0.25, 0.3) is 0 Å². The van der Waals surface area contributed by atoms with Gasteiger partial charge in [-0.2, -0.15) is 0 Å². The van der Waals surface area contributed by atoms with E-state index in [-0.39, 0.29) is 36.0 Å². The molecule has 1 spiro atoms. The number of fused-ring (bicyclic) bond motifs is 2. The quantitative estimate of drug-likeness (QED) is 0.202. The number of hydrogen-bond acceptors (Lipinski definition) is 8. The number of carbonyl (C=O) groups excluding carboxylic acids is 2. The molecular formula is C36H40BrN5O6Si. The SMILES string of the molecule is C[C@@H]1[C@@H]([Si](C)(C)O)[C@H](CCn2cc(C(CO)c3ccccc3)nn2)O[C@@]12C(=O)N(Cc1ccc(N3CCOC3=O)cc1)c1ccc(Br)cc12. The molecule has 2 N–H and O–H groups in total. The van der Waals surface area contributed by atoms with Crippen molar-refractivity contribution in [1.29, 1.82) is 0 Å². The third-order valence-corrected chi connectivity index (χ3v) is 13.2. The van der Waals surface area contributed by atoms with E-state index in [1.807, 2.05) is 99.0 Å². The number of nitrogens with zero attached hydrogens (tertiary/aromatic N) is 5. The summed E-state index contributed by atoms with van der Waals surface area (Å²) in [5.41, 5.74) is 3.35. The molecule has 3 aliphatic heterocycles. The highest BCUT2D eigenvalue weighted by Crippen LogP contribution is 2.60. The molecule has 2 fully saturated rings. The summed E-state index contributed by atoms with van der Waals surface area (Å²) in [5, 5.41) is 18.9. The van der Waals surface area contributed by atoms with Crippen LogP contribution < -0.4 is 9.80 Å². The Labute approximate surface area is 294 Å². The molecule has 1 aromatic heterocycles. The molecular weight excluding hydrogens is 706 g/mol. The number of amides is 2. The number of aliphatic hydroxyl groups excluding tert-OH is 1. The van der Waals surface area contributed by atoms with E-state index in [9.17, 15) is 19.5 Å². The number of aliphatic hydroxyl groups is 1. The molecule has 0 bridgehead atoms. The lowest BCUT2D eigenvalue weighted by molar-refractivity contribution is -0.146. The number of ether oxygens (including phenoxy) is 2. The number of benzene rings is 3. The van der Waals surface area contributed by atoms with Gasteiger partial charge in [0, 0.05) is 39.9 Å². The summed E-state index contributed by atoms with van der Waals surface area (Å²) in [5.74, 6) is -0.744. The highest BCUT2D eigenvalue weighted by molar-refractivity contribution is 9.10. The van der Waals surface area contributed by atoms with E-state index >= 15 is 0 Å². The van der Waals surface area contributed by atoms with Crippen molar-refractivity contribution >= 4 is 47.6 Å². The van der Waals surface area contributed by atoms with Crippen LogP contribution in [0.2, 0.25) is 18.6 Å². The standard InChI is InChI=1S/C36H40BrN5O6Si/c1-23-33(49(2,3)46)32(15-16-40-21-30(38-39-40)28(22-43)25-7-5-4-6-8-25)48-36(23)29-19-26(37)11-14-31(29)42(34(36)44)20-24-9-12-27(13-10-24)41-17-18-47-35(41)45/h4-14,19,21,23,28,32-33,43,46H,15-18,20,22H2,1-3H3/t23-,28?,32+,33-,36+/m1/s1. The van der Waals surface area contributed by atoms with E-state index < -0.39 is 20.0 Å². The van der Waals surface area contributed by atoms with Crippen molar-refractivity contribution < 1.29 is 29.0 Å². The number of cyclic esters (lactones) is 1. The molecule has 1 unspecified atom stereocenters. The molecule has 13 heteroatoms. The smallest absolute Gasteiger partial charge is 0.414 e. The maximum Gasteiger partial charge on any atom is 0.414 e. The van der Waals surface area contributed by atoms with Crippen molar-refractivity contribution in [1.82, 2.24) is 15.0 Å². The van der Waals surface area contributed by atoms with Crippen molar-refractivity contribution in [3.05, 3.63) is 106 Å². The third kappa shape index (κ3) is 6.01. The second-order valence-electron chi connectivity index (χ2n) is 13.7. The largest absolute Gasteiger partial charge is 0.447 e. The lowest BCUT2D eigenvalue weighted by atomic mass is 9.82. The number of halogens is 1. The molecule has 0 radical (unpaired) electrons. The number of aromatic nitrogens is 3. The van der Waals surface area contributed by atoms with Gasteiger partial charge in [0.05, 0.1) is 43.1 Å². The van der Waals surface area contributed by atoms with Crippen LogP contribution >= 0.6 is 15.9 Å². The fourth-order valence-electron chi connectivity index (χ4n) is 7.97.